The van der Waals surface area contributed by atoms with Gasteiger partial charge in [0.25, 0.3) is 5.91 Å². The molecule has 2 aromatic rings. The number of Topliss-reactive ketones (excluding diaryl/α,β-unsaturated/α-hetero) is 1. The highest BCUT2D eigenvalue weighted by atomic mass is 32.1. The number of aromatic nitrogens is 2. The van der Waals surface area contributed by atoms with Crippen LogP contribution in [0.25, 0.3) is 0 Å². The number of carbonyl (C=O) groups excluding carboxylic acids is 2. The van der Waals surface area contributed by atoms with Crippen molar-refractivity contribution in [2.24, 2.45) is 5.41 Å². The summed E-state index contributed by atoms with van der Waals surface area (Å²) in [6.07, 6.45) is 10.9. The van der Waals surface area contributed by atoms with Crippen LogP contribution in [-0.2, 0) is 22.4 Å². The van der Waals surface area contributed by atoms with Gasteiger partial charge in [0.2, 0.25) is 5.78 Å². The minimum absolute atomic E-state index is 0.0841. The van der Waals surface area contributed by atoms with Gasteiger partial charge in [-0.05, 0) is 50.5 Å². The van der Waals surface area contributed by atoms with Crippen molar-refractivity contribution in [1.29, 1.82) is 0 Å². The van der Waals surface area contributed by atoms with Gasteiger partial charge in [0, 0.05) is 18.4 Å². The van der Waals surface area contributed by atoms with E-state index in [2.05, 4.69) is 34.5 Å². The SMILES string of the molecule is CC1(C(=O)C(=O)N2CCCC2c2nnc(CCCCc3ccccc3)s2)CCCCC1. The van der Waals surface area contributed by atoms with Crippen LogP contribution in [0.2, 0.25) is 0 Å². The third kappa shape index (κ3) is 5.22. The van der Waals surface area contributed by atoms with E-state index in [1.54, 1.807) is 16.2 Å². The zero-order valence-corrected chi connectivity index (χ0v) is 19.3. The lowest BCUT2D eigenvalue weighted by molar-refractivity contribution is -0.151. The topological polar surface area (TPSA) is 63.2 Å². The minimum atomic E-state index is -0.479. The van der Waals surface area contributed by atoms with Crippen LogP contribution in [0.3, 0.4) is 0 Å². The molecule has 0 bridgehead atoms. The number of hydrogen-bond donors (Lipinski definition) is 0. The van der Waals surface area contributed by atoms with E-state index < -0.39 is 5.41 Å². The highest BCUT2D eigenvalue weighted by molar-refractivity contribution is 7.11. The van der Waals surface area contributed by atoms with Gasteiger partial charge in [0.1, 0.15) is 10.0 Å². The molecule has 1 amide bonds. The van der Waals surface area contributed by atoms with Crippen LogP contribution in [0.4, 0.5) is 0 Å². The lowest BCUT2D eigenvalue weighted by Crippen LogP contribution is -2.44. The van der Waals surface area contributed by atoms with E-state index in [0.29, 0.717) is 6.54 Å². The first kappa shape index (κ1) is 22.1. The summed E-state index contributed by atoms with van der Waals surface area (Å²) in [6.45, 7) is 2.63. The lowest BCUT2D eigenvalue weighted by atomic mass is 9.72. The van der Waals surface area contributed by atoms with E-state index in [9.17, 15) is 9.59 Å². The third-order valence-corrected chi connectivity index (χ3v) is 8.01. The Balaban J connectivity index is 1.33. The molecule has 1 aliphatic heterocycles. The maximum atomic E-state index is 13.1. The van der Waals surface area contributed by atoms with E-state index in [1.165, 1.54) is 12.0 Å². The molecule has 0 radical (unpaired) electrons. The summed E-state index contributed by atoms with van der Waals surface area (Å²) in [7, 11) is 0. The Labute approximate surface area is 189 Å². The standard InChI is InChI=1S/C25H33N3O2S/c1-25(16-8-3-9-17-25)22(29)24(30)28-18-10-14-20(28)23-27-26-21(31-23)15-7-6-13-19-11-4-2-5-12-19/h2,4-5,11-12,20H,3,6-10,13-18H2,1H3. The minimum Gasteiger partial charge on any atom is -0.327 e. The van der Waals surface area contributed by atoms with Crippen LogP contribution in [0.5, 0.6) is 0 Å². The van der Waals surface area contributed by atoms with E-state index in [4.69, 9.17) is 0 Å². The molecule has 1 unspecified atom stereocenters. The maximum Gasteiger partial charge on any atom is 0.291 e. The van der Waals surface area contributed by atoms with Crippen LogP contribution in [0.15, 0.2) is 30.3 Å². The summed E-state index contributed by atoms with van der Waals surface area (Å²) in [6, 6.07) is 10.5. The Bertz CT molecular complexity index is 889. The van der Waals surface area contributed by atoms with Crippen LogP contribution in [0.1, 0.15) is 86.3 Å². The molecule has 2 heterocycles. The van der Waals surface area contributed by atoms with Crippen LogP contribution >= 0.6 is 11.3 Å². The molecule has 0 N–H and O–H groups in total. The summed E-state index contributed by atoms with van der Waals surface area (Å²) < 4.78 is 0. The average Bonchev–Trinajstić information content (AvgIpc) is 3.46. The van der Waals surface area contributed by atoms with Crippen molar-refractivity contribution in [2.75, 3.05) is 6.54 Å². The van der Waals surface area contributed by atoms with E-state index in [1.807, 2.05) is 13.0 Å². The quantitative estimate of drug-likeness (QED) is 0.413. The lowest BCUT2D eigenvalue weighted by Gasteiger charge is -2.33. The van der Waals surface area contributed by atoms with Crippen molar-refractivity contribution in [2.45, 2.75) is 83.6 Å². The highest BCUT2D eigenvalue weighted by Crippen LogP contribution is 2.39. The van der Waals surface area contributed by atoms with Gasteiger partial charge in [0.05, 0.1) is 6.04 Å². The molecular weight excluding hydrogens is 406 g/mol. The largest absolute Gasteiger partial charge is 0.327 e. The van der Waals surface area contributed by atoms with Gasteiger partial charge in [-0.15, -0.1) is 10.2 Å². The molecule has 0 spiro atoms. The molecule has 4 rings (SSSR count). The molecule has 2 aliphatic rings. The first-order valence-corrected chi connectivity index (χ1v) is 12.6. The molecule has 5 nitrogen and oxygen atoms in total. The number of likely N-dealkylation sites (tertiary alicyclic amines) is 1. The third-order valence-electron chi connectivity index (χ3n) is 6.93. The summed E-state index contributed by atoms with van der Waals surface area (Å²) in [5.41, 5.74) is 0.893. The number of amides is 1. The molecule has 1 saturated carbocycles. The average molecular weight is 440 g/mol. The number of benzene rings is 1. The zero-order chi connectivity index (χ0) is 21.7. The van der Waals surface area contributed by atoms with Gasteiger partial charge < -0.3 is 4.90 Å². The van der Waals surface area contributed by atoms with Crippen molar-refractivity contribution in [3.63, 3.8) is 0 Å². The Kier molecular flexibility index (Phi) is 7.16. The van der Waals surface area contributed by atoms with Gasteiger partial charge >= 0.3 is 0 Å². The molecule has 1 saturated heterocycles. The Morgan fingerprint density at radius 2 is 1.77 bits per heavy atom. The van der Waals surface area contributed by atoms with E-state index >= 15 is 0 Å². The summed E-state index contributed by atoms with van der Waals surface area (Å²) >= 11 is 1.62. The second kappa shape index (κ2) is 10.0. The smallest absolute Gasteiger partial charge is 0.291 e. The van der Waals surface area contributed by atoms with Gasteiger partial charge in [0.15, 0.2) is 0 Å². The molecule has 166 valence electrons. The van der Waals surface area contributed by atoms with E-state index in [0.717, 1.165) is 74.2 Å². The number of hydrogen-bond acceptors (Lipinski definition) is 5. The number of aryl methyl sites for hydroxylation is 2. The first-order chi connectivity index (χ1) is 15.1. The van der Waals surface area contributed by atoms with Gasteiger partial charge in [-0.3, -0.25) is 9.59 Å². The fourth-order valence-corrected chi connectivity index (χ4v) is 6.00. The Morgan fingerprint density at radius 3 is 2.55 bits per heavy atom. The number of nitrogens with zero attached hydrogens (tertiary/aromatic N) is 3. The normalized spacial score (nSPS) is 20.7. The Hall–Kier alpha value is -2.08. The van der Waals surface area contributed by atoms with Gasteiger partial charge in [-0.2, -0.15) is 0 Å². The van der Waals surface area contributed by atoms with Crippen molar-refractivity contribution in [3.05, 3.63) is 45.9 Å². The summed E-state index contributed by atoms with van der Waals surface area (Å²) in [5.74, 6) is -0.490. The van der Waals surface area contributed by atoms with Crippen LogP contribution < -0.4 is 0 Å². The van der Waals surface area contributed by atoms with Crippen molar-refractivity contribution >= 4 is 23.0 Å². The predicted octanol–water partition coefficient (Wildman–Crippen LogP) is 5.31. The molecule has 31 heavy (non-hydrogen) atoms. The maximum absolute atomic E-state index is 13.1. The number of rotatable bonds is 8. The first-order valence-electron chi connectivity index (χ1n) is 11.8. The monoisotopic (exact) mass is 439 g/mol. The molecule has 1 aromatic heterocycles. The fourth-order valence-electron chi connectivity index (χ4n) is 4.97. The fraction of sp³-hybridized carbons (Fsp3) is 0.600. The molecule has 6 heteroatoms. The molecule has 1 atom stereocenters. The summed E-state index contributed by atoms with van der Waals surface area (Å²) in [4.78, 5) is 28.0. The highest BCUT2D eigenvalue weighted by Gasteiger charge is 2.43. The second-order valence-electron chi connectivity index (χ2n) is 9.33. The zero-order valence-electron chi connectivity index (χ0n) is 18.5. The predicted molar refractivity (Wildman–Crippen MR) is 123 cm³/mol. The molecule has 2 fully saturated rings. The number of carbonyl (C=O) groups is 2. The second-order valence-corrected chi connectivity index (χ2v) is 10.4. The van der Waals surface area contributed by atoms with Gasteiger partial charge in [-0.25, -0.2) is 0 Å². The molecule has 1 aliphatic carbocycles. The van der Waals surface area contributed by atoms with Gasteiger partial charge in [-0.1, -0.05) is 67.9 Å². The molecule has 1 aromatic carbocycles. The Morgan fingerprint density at radius 1 is 1.03 bits per heavy atom. The van der Waals surface area contributed by atoms with Crippen molar-refractivity contribution < 1.29 is 9.59 Å². The molecular formula is C25H33N3O2S. The number of ketones is 1. The summed E-state index contributed by atoms with van der Waals surface area (Å²) in [5, 5.41) is 10.7. The van der Waals surface area contributed by atoms with Crippen LogP contribution in [-0.4, -0.2) is 33.3 Å². The van der Waals surface area contributed by atoms with Crippen LogP contribution in [0, 0.1) is 5.41 Å². The van der Waals surface area contributed by atoms with Crippen molar-refractivity contribution in [1.82, 2.24) is 15.1 Å². The van der Waals surface area contributed by atoms with E-state index in [-0.39, 0.29) is 17.7 Å². The van der Waals surface area contributed by atoms with Crippen molar-refractivity contribution in [3.8, 4) is 0 Å². The number of unbranched alkanes of at least 4 members (excludes halogenated alkanes) is 1.